The number of aliphatic hydroxyl groups is 1. The summed E-state index contributed by atoms with van der Waals surface area (Å²) >= 11 is 1.60. The summed E-state index contributed by atoms with van der Waals surface area (Å²) in [5.74, 6) is -0.0981. The van der Waals surface area contributed by atoms with Crippen molar-refractivity contribution in [3.05, 3.63) is 33.8 Å². The Bertz CT molecular complexity index is 527. The van der Waals surface area contributed by atoms with E-state index < -0.39 is 0 Å². The van der Waals surface area contributed by atoms with Gasteiger partial charge in [0.1, 0.15) is 0 Å². The van der Waals surface area contributed by atoms with Gasteiger partial charge in [-0.3, -0.25) is 4.79 Å². The van der Waals surface area contributed by atoms with Crippen molar-refractivity contribution in [2.24, 2.45) is 0 Å². The molecule has 2 rings (SSSR count). The minimum atomic E-state index is -0.168. The molecule has 1 aliphatic carbocycles. The Morgan fingerprint density at radius 3 is 3.00 bits per heavy atom. The molecule has 1 aliphatic rings. The number of hydrogen-bond donors (Lipinski definition) is 2. The standard InChI is InChI=1S/C14H18N2O2S/c1-3-12(7-17)16-14(18)11-5-4-10(6-11)13-8-19-9(2)15-13/h4,6,8,12,17H,3,5,7H2,1-2H3,(H,16,18). The van der Waals surface area contributed by atoms with Gasteiger partial charge in [0.05, 0.1) is 23.4 Å². The average Bonchev–Trinajstić information content (AvgIpc) is 3.04. The highest BCUT2D eigenvalue weighted by atomic mass is 32.1. The van der Waals surface area contributed by atoms with Crippen molar-refractivity contribution < 1.29 is 9.90 Å². The van der Waals surface area contributed by atoms with E-state index in [0.717, 1.165) is 28.3 Å². The Morgan fingerprint density at radius 1 is 1.63 bits per heavy atom. The van der Waals surface area contributed by atoms with Gasteiger partial charge in [-0.15, -0.1) is 11.3 Å². The van der Waals surface area contributed by atoms with Gasteiger partial charge in [-0.1, -0.05) is 13.0 Å². The number of carbonyl (C=O) groups excluding carboxylic acids is 1. The van der Waals surface area contributed by atoms with Crippen LogP contribution in [0.3, 0.4) is 0 Å². The lowest BCUT2D eigenvalue weighted by Crippen LogP contribution is -2.37. The molecule has 0 bridgehead atoms. The predicted molar refractivity (Wildman–Crippen MR) is 76.8 cm³/mol. The number of amides is 1. The fraction of sp³-hybridized carbons (Fsp3) is 0.429. The Balaban J connectivity index is 2.03. The maximum Gasteiger partial charge on any atom is 0.247 e. The van der Waals surface area contributed by atoms with Crippen LogP contribution in [0.1, 0.15) is 30.5 Å². The largest absolute Gasteiger partial charge is 0.394 e. The number of allylic oxidation sites excluding steroid dienone is 3. The van der Waals surface area contributed by atoms with Crippen LogP contribution >= 0.6 is 11.3 Å². The lowest BCUT2D eigenvalue weighted by Gasteiger charge is -2.14. The smallest absolute Gasteiger partial charge is 0.247 e. The molecule has 1 heterocycles. The number of carbonyl (C=O) groups is 1. The van der Waals surface area contributed by atoms with Gasteiger partial charge in [0, 0.05) is 11.0 Å². The van der Waals surface area contributed by atoms with Gasteiger partial charge in [-0.25, -0.2) is 4.98 Å². The van der Waals surface area contributed by atoms with Gasteiger partial charge in [0.15, 0.2) is 0 Å². The van der Waals surface area contributed by atoms with Crippen LogP contribution in [0.2, 0.25) is 0 Å². The first-order valence-electron chi connectivity index (χ1n) is 6.39. The van der Waals surface area contributed by atoms with Crippen molar-refractivity contribution >= 4 is 22.8 Å². The Kier molecular flexibility index (Phi) is 4.50. The molecule has 102 valence electrons. The number of aryl methyl sites for hydroxylation is 1. The second kappa shape index (κ2) is 6.12. The van der Waals surface area contributed by atoms with E-state index in [1.165, 1.54) is 0 Å². The van der Waals surface area contributed by atoms with E-state index in [2.05, 4.69) is 10.3 Å². The molecule has 0 radical (unpaired) electrons. The highest BCUT2D eigenvalue weighted by molar-refractivity contribution is 7.09. The van der Waals surface area contributed by atoms with Crippen LogP contribution in [0, 0.1) is 6.92 Å². The van der Waals surface area contributed by atoms with E-state index in [-0.39, 0.29) is 18.6 Å². The Labute approximate surface area is 116 Å². The first-order valence-corrected chi connectivity index (χ1v) is 7.27. The second-order valence-corrected chi connectivity index (χ2v) is 5.61. The summed E-state index contributed by atoms with van der Waals surface area (Å²) in [4.78, 5) is 16.4. The topological polar surface area (TPSA) is 62.2 Å². The van der Waals surface area contributed by atoms with Crippen molar-refractivity contribution in [2.45, 2.75) is 32.7 Å². The fourth-order valence-electron chi connectivity index (χ4n) is 1.91. The van der Waals surface area contributed by atoms with Gasteiger partial charge in [-0.2, -0.15) is 0 Å². The summed E-state index contributed by atoms with van der Waals surface area (Å²) in [5.41, 5.74) is 2.67. The zero-order valence-corrected chi connectivity index (χ0v) is 12.0. The molecule has 0 saturated carbocycles. The third-order valence-electron chi connectivity index (χ3n) is 3.13. The monoisotopic (exact) mass is 278 g/mol. The molecule has 0 aliphatic heterocycles. The molecule has 1 unspecified atom stereocenters. The highest BCUT2D eigenvalue weighted by Crippen LogP contribution is 2.27. The molecular formula is C14H18N2O2S. The zero-order valence-electron chi connectivity index (χ0n) is 11.1. The number of rotatable bonds is 5. The van der Waals surface area contributed by atoms with Crippen molar-refractivity contribution in [1.29, 1.82) is 0 Å². The molecule has 1 amide bonds. The van der Waals surface area contributed by atoms with Crippen LogP contribution in [0.15, 0.2) is 23.1 Å². The van der Waals surface area contributed by atoms with Crippen molar-refractivity contribution in [2.75, 3.05) is 6.61 Å². The third kappa shape index (κ3) is 3.30. The second-order valence-electron chi connectivity index (χ2n) is 4.55. The fourth-order valence-corrected chi connectivity index (χ4v) is 2.54. The Morgan fingerprint density at radius 2 is 2.42 bits per heavy atom. The van der Waals surface area contributed by atoms with Crippen molar-refractivity contribution in [1.82, 2.24) is 10.3 Å². The minimum Gasteiger partial charge on any atom is -0.394 e. The van der Waals surface area contributed by atoms with E-state index in [1.54, 1.807) is 11.3 Å². The van der Waals surface area contributed by atoms with Crippen molar-refractivity contribution in [3.8, 4) is 0 Å². The molecule has 4 nitrogen and oxygen atoms in total. The molecule has 1 aromatic heterocycles. The van der Waals surface area contributed by atoms with E-state index in [1.807, 2.05) is 31.4 Å². The summed E-state index contributed by atoms with van der Waals surface area (Å²) in [6.45, 7) is 3.88. The molecule has 0 spiro atoms. The van der Waals surface area contributed by atoms with E-state index in [4.69, 9.17) is 5.11 Å². The summed E-state index contributed by atoms with van der Waals surface area (Å²) in [5, 5.41) is 14.9. The lowest BCUT2D eigenvalue weighted by molar-refractivity contribution is -0.118. The normalized spacial score (nSPS) is 15.9. The number of aliphatic hydroxyl groups excluding tert-OH is 1. The van der Waals surface area contributed by atoms with Crippen LogP contribution in [-0.2, 0) is 4.79 Å². The number of nitrogens with one attached hydrogen (secondary N) is 1. The molecule has 1 aromatic rings. The first kappa shape index (κ1) is 14.0. The number of nitrogens with zero attached hydrogens (tertiary/aromatic N) is 1. The molecule has 0 aromatic carbocycles. The summed E-state index contributed by atoms with van der Waals surface area (Å²) in [6, 6.07) is -0.168. The van der Waals surface area contributed by atoms with Gasteiger partial charge >= 0.3 is 0 Å². The Hall–Kier alpha value is -1.46. The third-order valence-corrected chi connectivity index (χ3v) is 3.90. The summed E-state index contributed by atoms with van der Waals surface area (Å²) < 4.78 is 0. The van der Waals surface area contributed by atoms with Crippen LogP contribution in [0.25, 0.3) is 5.57 Å². The van der Waals surface area contributed by atoms with Crippen molar-refractivity contribution in [3.63, 3.8) is 0 Å². The molecule has 0 saturated heterocycles. The highest BCUT2D eigenvalue weighted by Gasteiger charge is 2.18. The molecular weight excluding hydrogens is 260 g/mol. The van der Waals surface area contributed by atoms with Crippen LogP contribution in [0.5, 0.6) is 0 Å². The molecule has 1 atom stereocenters. The quantitative estimate of drug-likeness (QED) is 0.866. The zero-order chi connectivity index (χ0) is 13.8. The van der Waals surface area contributed by atoms with Gasteiger partial charge < -0.3 is 10.4 Å². The van der Waals surface area contributed by atoms with Gasteiger partial charge in [0.2, 0.25) is 5.91 Å². The molecule has 19 heavy (non-hydrogen) atoms. The van der Waals surface area contributed by atoms with Crippen LogP contribution < -0.4 is 5.32 Å². The molecule has 5 heteroatoms. The number of hydrogen-bond acceptors (Lipinski definition) is 4. The minimum absolute atomic E-state index is 0.0267. The predicted octanol–water partition coefficient (Wildman–Crippen LogP) is 2.05. The average molecular weight is 278 g/mol. The van der Waals surface area contributed by atoms with E-state index in [9.17, 15) is 4.79 Å². The van der Waals surface area contributed by atoms with Gasteiger partial charge in [-0.05, 0) is 31.4 Å². The summed E-state index contributed by atoms with van der Waals surface area (Å²) in [7, 11) is 0. The molecule has 0 fully saturated rings. The number of aromatic nitrogens is 1. The first-order chi connectivity index (χ1) is 9.13. The van der Waals surface area contributed by atoms with Gasteiger partial charge in [0.25, 0.3) is 0 Å². The van der Waals surface area contributed by atoms with E-state index in [0.29, 0.717) is 6.42 Å². The van der Waals surface area contributed by atoms with Crippen LogP contribution in [0.4, 0.5) is 0 Å². The maximum atomic E-state index is 12.0. The molecule has 2 N–H and O–H groups in total. The summed E-state index contributed by atoms with van der Waals surface area (Å²) in [6.07, 6.45) is 5.25. The lowest BCUT2D eigenvalue weighted by atomic mass is 10.1. The number of thiazole rings is 1. The van der Waals surface area contributed by atoms with Crippen LogP contribution in [-0.4, -0.2) is 28.6 Å². The maximum absolute atomic E-state index is 12.0. The van der Waals surface area contributed by atoms with E-state index >= 15 is 0 Å². The SMILES string of the molecule is CCC(CO)NC(=O)C1=CC(c2csc(C)n2)=CC1.